The highest BCUT2D eigenvalue weighted by molar-refractivity contribution is 5.00. The average Bonchev–Trinajstić information content (AvgIpc) is 2.38. The Bertz CT molecular complexity index is 211. The van der Waals surface area contributed by atoms with Crippen molar-refractivity contribution in [1.82, 2.24) is 10.2 Å². The largest absolute Gasteiger partial charge is 0.314 e. The summed E-state index contributed by atoms with van der Waals surface area (Å²) in [5, 5.41) is 3.44. The molecule has 1 saturated heterocycles. The van der Waals surface area contributed by atoms with E-state index in [-0.39, 0.29) is 0 Å². The minimum Gasteiger partial charge on any atom is -0.314 e. The maximum atomic E-state index is 3.44. The molecule has 0 aromatic rings. The Morgan fingerprint density at radius 1 is 0.933 bits per heavy atom. The van der Waals surface area contributed by atoms with Crippen molar-refractivity contribution in [2.45, 2.75) is 46.6 Å². The molecule has 1 N–H and O–H groups in total. The van der Waals surface area contributed by atoms with E-state index in [1.165, 1.54) is 39.0 Å². The molecule has 0 spiro atoms. The molecular formula is C13H26N2. The molecule has 1 aliphatic carbocycles. The normalized spacial score (nSPS) is 32.0. The topological polar surface area (TPSA) is 15.3 Å². The molecule has 2 fully saturated rings. The van der Waals surface area contributed by atoms with Crippen LogP contribution in [-0.4, -0.2) is 37.1 Å². The van der Waals surface area contributed by atoms with Crippen molar-refractivity contribution in [3.8, 4) is 0 Å². The van der Waals surface area contributed by atoms with E-state index in [1.807, 2.05) is 0 Å². The van der Waals surface area contributed by atoms with Gasteiger partial charge in [0.1, 0.15) is 0 Å². The average molecular weight is 210 g/mol. The molecule has 0 amide bonds. The lowest BCUT2D eigenvalue weighted by Crippen LogP contribution is -2.47. The number of piperazine rings is 1. The molecule has 0 bridgehead atoms. The van der Waals surface area contributed by atoms with Gasteiger partial charge in [-0.3, -0.25) is 4.90 Å². The van der Waals surface area contributed by atoms with Crippen molar-refractivity contribution < 1.29 is 0 Å². The summed E-state index contributed by atoms with van der Waals surface area (Å²) in [5.74, 6) is 0. The molecule has 1 heterocycles. The predicted molar refractivity (Wildman–Crippen MR) is 65.0 cm³/mol. The molecule has 0 radical (unpaired) electrons. The van der Waals surface area contributed by atoms with Gasteiger partial charge >= 0.3 is 0 Å². The summed E-state index contributed by atoms with van der Waals surface area (Å²) in [6.07, 6.45) is 2.75. The fraction of sp³-hybridized carbons (Fsp3) is 1.00. The van der Waals surface area contributed by atoms with E-state index >= 15 is 0 Å². The molecule has 1 saturated carbocycles. The lowest BCUT2D eigenvalue weighted by Gasteiger charge is -2.34. The zero-order chi connectivity index (χ0) is 11.1. The van der Waals surface area contributed by atoms with Gasteiger partial charge in [-0.15, -0.1) is 0 Å². The van der Waals surface area contributed by atoms with Gasteiger partial charge in [-0.2, -0.15) is 0 Å². The second-order valence-electron chi connectivity index (χ2n) is 6.62. The zero-order valence-corrected chi connectivity index (χ0v) is 10.8. The first-order chi connectivity index (χ1) is 6.92. The summed E-state index contributed by atoms with van der Waals surface area (Å²) in [6.45, 7) is 14.6. The minimum absolute atomic E-state index is 0.503. The molecule has 2 nitrogen and oxygen atoms in total. The molecule has 0 aromatic carbocycles. The first-order valence-electron chi connectivity index (χ1n) is 6.37. The molecule has 2 heteroatoms. The van der Waals surface area contributed by atoms with E-state index in [9.17, 15) is 0 Å². The third-order valence-corrected chi connectivity index (χ3v) is 4.99. The van der Waals surface area contributed by atoms with E-state index in [0.29, 0.717) is 10.8 Å². The van der Waals surface area contributed by atoms with Gasteiger partial charge in [-0.25, -0.2) is 0 Å². The predicted octanol–water partition coefficient (Wildman–Crippen LogP) is 2.11. The number of nitrogens with zero attached hydrogens (tertiary/aromatic N) is 1. The van der Waals surface area contributed by atoms with Gasteiger partial charge in [-0.1, -0.05) is 27.7 Å². The number of rotatable bonds is 1. The summed E-state index contributed by atoms with van der Waals surface area (Å²) in [4.78, 5) is 2.70. The maximum absolute atomic E-state index is 3.44. The minimum atomic E-state index is 0.503. The van der Waals surface area contributed by atoms with E-state index in [2.05, 4.69) is 37.9 Å². The molecule has 2 aliphatic rings. The molecule has 1 aliphatic heterocycles. The van der Waals surface area contributed by atoms with E-state index in [1.54, 1.807) is 0 Å². The van der Waals surface area contributed by atoms with E-state index in [4.69, 9.17) is 0 Å². The Labute approximate surface area is 94.4 Å². The summed E-state index contributed by atoms with van der Waals surface area (Å²) in [7, 11) is 0. The monoisotopic (exact) mass is 210 g/mol. The zero-order valence-electron chi connectivity index (χ0n) is 10.8. The first kappa shape index (κ1) is 11.4. The number of hydrogen-bond donors (Lipinski definition) is 1. The quantitative estimate of drug-likeness (QED) is 0.713. The van der Waals surface area contributed by atoms with Gasteiger partial charge < -0.3 is 5.32 Å². The van der Waals surface area contributed by atoms with E-state index < -0.39 is 0 Å². The second-order valence-corrected chi connectivity index (χ2v) is 6.62. The molecule has 0 atom stereocenters. The highest BCUT2D eigenvalue weighted by atomic mass is 15.2. The fourth-order valence-corrected chi connectivity index (χ4v) is 3.11. The summed E-state index contributed by atoms with van der Waals surface area (Å²) < 4.78 is 0. The van der Waals surface area contributed by atoms with Crippen LogP contribution in [0.15, 0.2) is 0 Å². The van der Waals surface area contributed by atoms with Gasteiger partial charge in [0.25, 0.3) is 0 Å². The van der Waals surface area contributed by atoms with Gasteiger partial charge in [-0.05, 0) is 23.7 Å². The third-order valence-electron chi connectivity index (χ3n) is 4.99. The van der Waals surface area contributed by atoms with Crippen LogP contribution in [0.1, 0.15) is 40.5 Å². The number of hydrogen-bond acceptors (Lipinski definition) is 2. The lowest BCUT2D eigenvalue weighted by atomic mass is 9.71. The Morgan fingerprint density at radius 3 is 1.87 bits per heavy atom. The standard InChI is InChI=1S/C13H26N2/c1-12(2)9-11(10-13(12,3)4)15-7-5-14-6-8-15/h11,14H,5-10H2,1-4H3. The van der Waals surface area contributed by atoms with Crippen molar-refractivity contribution in [3.63, 3.8) is 0 Å². The van der Waals surface area contributed by atoms with Crippen molar-refractivity contribution >= 4 is 0 Å². The molecule has 2 rings (SSSR count). The third kappa shape index (κ3) is 2.07. The molecule has 88 valence electrons. The Balaban J connectivity index is 2.02. The summed E-state index contributed by atoms with van der Waals surface area (Å²) in [6, 6.07) is 0.831. The Kier molecular flexibility index (Phi) is 2.85. The Hall–Kier alpha value is -0.0800. The lowest BCUT2D eigenvalue weighted by molar-refractivity contribution is 0.157. The van der Waals surface area contributed by atoms with Crippen LogP contribution in [0.5, 0.6) is 0 Å². The molecule has 0 unspecified atom stereocenters. The van der Waals surface area contributed by atoms with Crippen LogP contribution in [0.4, 0.5) is 0 Å². The summed E-state index contributed by atoms with van der Waals surface area (Å²) in [5.41, 5.74) is 1.01. The molecule has 15 heavy (non-hydrogen) atoms. The second kappa shape index (κ2) is 3.74. The van der Waals surface area contributed by atoms with Crippen LogP contribution in [0.3, 0.4) is 0 Å². The van der Waals surface area contributed by atoms with Crippen LogP contribution in [-0.2, 0) is 0 Å². The van der Waals surface area contributed by atoms with Gasteiger partial charge in [0.05, 0.1) is 0 Å². The molecule has 0 aromatic heterocycles. The number of nitrogens with one attached hydrogen (secondary N) is 1. The van der Waals surface area contributed by atoms with E-state index in [0.717, 1.165) is 6.04 Å². The van der Waals surface area contributed by atoms with Crippen LogP contribution in [0.2, 0.25) is 0 Å². The Morgan fingerprint density at radius 2 is 1.40 bits per heavy atom. The SMILES string of the molecule is CC1(C)CC(N2CCNCC2)CC1(C)C. The van der Waals surface area contributed by atoms with Crippen molar-refractivity contribution in [3.05, 3.63) is 0 Å². The molecular weight excluding hydrogens is 184 g/mol. The first-order valence-corrected chi connectivity index (χ1v) is 6.37. The fourth-order valence-electron chi connectivity index (χ4n) is 3.11. The highest BCUT2D eigenvalue weighted by Crippen LogP contribution is 2.53. The van der Waals surface area contributed by atoms with Gasteiger partial charge in [0.2, 0.25) is 0 Å². The van der Waals surface area contributed by atoms with Gasteiger partial charge in [0, 0.05) is 32.2 Å². The van der Waals surface area contributed by atoms with Crippen LogP contribution in [0.25, 0.3) is 0 Å². The van der Waals surface area contributed by atoms with Crippen LogP contribution >= 0.6 is 0 Å². The van der Waals surface area contributed by atoms with Crippen molar-refractivity contribution in [1.29, 1.82) is 0 Å². The van der Waals surface area contributed by atoms with Crippen molar-refractivity contribution in [2.75, 3.05) is 26.2 Å². The highest BCUT2D eigenvalue weighted by Gasteiger charge is 2.47. The van der Waals surface area contributed by atoms with Crippen molar-refractivity contribution in [2.24, 2.45) is 10.8 Å². The van der Waals surface area contributed by atoms with Crippen LogP contribution < -0.4 is 5.32 Å². The van der Waals surface area contributed by atoms with Crippen LogP contribution in [0, 0.1) is 10.8 Å². The maximum Gasteiger partial charge on any atom is 0.0110 e. The van der Waals surface area contributed by atoms with Gasteiger partial charge in [0.15, 0.2) is 0 Å². The summed E-state index contributed by atoms with van der Waals surface area (Å²) >= 11 is 0. The smallest absolute Gasteiger partial charge is 0.0110 e.